The summed E-state index contributed by atoms with van der Waals surface area (Å²) in [4.78, 5) is 0. The van der Waals surface area contributed by atoms with Crippen molar-refractivity contribution < 1.29 is 50.6 Å². The van der Waals surface area contributed by atoms with E-state index in [9.17, 15) is 46.1 Å². The van der Waals surface area contributed by atoms with E-state index in [1.807, 2.05) is 109 Å². The number of quaternary nitrogens is 1. The van der Waals surface area contributed by atoms with Crippen LogP contribution in [0.5, 0.6) is 51.7 Å². The molecule has 0 aromatic heterocycles. The molecular weight excluding hydrogens is 1390 g/mol. The van der Waals surface area contributed by atoms with E-state index in [0.29, 0.717) is 94.8 Å². The lowest BCUT2D eigenvalue weighted by molar-refractivity contribution is -0.818. The third-order valence-electron chi connectivity index (χ3n) is 21.9. The maximum Gasteiger partial charge on any atom is 0.122 e. The van der Waals surface area contributed by atoms with Gasteiger partial charge in [-0.15, -0.1) is 0 Å². The highest BCUT2D eigenvalue weighted by molar-refractivity contribution is 5.62. The van der Waals surface area contributed by atoms with Crippen molar-refractivity contribution in [2.75, 3.05) is 21.1 Å². The molecule has 0 saturated heterocycles. The molecule has 0 heterocycles. The lowest BCUT2D eigenvalue weighted by Gasteiger charge is -2.27. The number of aromatic hydroxyl groups is 9. The first-order valence-electron chi connectivity index (χ1n) is 40.0. The summed E-state index contributed by atoms with van der Waals surface area (Å²) in [6.07, 6.45) is 1.45. The van der Waals surface area contributed by atoms with E-state index in [2.05, 4.69) is 187 Å². The minimum absolute atomic E-state index is 0.0713. The smallest absolute Gasteiger partial charge is 0.122 e. The summed E-state index contributed by atoms with van der Waals surface area (Å²) in [6, 6.07) is 40.0. The van der Waals surface area contributed by atoms with Crippen molar-refractivity contribution in [3.05, 3.63) is 266 Å². The van der Waals surface area contributed by atoms with Crippen molar-refractivity contribution in [2.45, 2.75) is 287 Å². The van der Waals surface area contributed by atoms with Gasteiger partial charge < -0.3 is 55.8 Å². The molecule has 16 bridgehead atoms. The van der Waals surface area contributed by atoms with Crippen LogP contribution >= 0.6 is 0 Å². The number of hydrogen-bond acceptors (Lipinski definition) is 10. The molecule has 9 aromatic rings. The van der Waals surface area contributed by atoms with Crippen molar-refractivity contribution in [1.82, 2.24) is 0 Å². The van der Waals surface area contributed by atoms with E-state index >= 15 is 0 Å². The molecule has 0 radical (unpaired) electrons. The zero-order valence-corrected chi connectivity index (χ0v) is 73.6. The Bertz CT molecular complexity index is 3910. The number of phenolic OH excluding ortho intramolecular Hbond substituents is 9. The first-order chi connectivity index (χ1) is 50.9. The Morgan fingerprint density at radius 3 is 0.357 bits per heavy atom. The molecule has 9 N–H and O–H groups in total. The van der Waals surface area contributed by atoms with Crippen LogP contribution < -0.4 is 0 Å². The molecular formula is C101H135NO10. The molecule has 11 heteroatoms. The van der Waals surface area contributed by atoms with Crippen molar-refractivity contribution in [3.8, 4) is 51.7 Å². The van der Waals surface area contributed by atoms with Gasteiger partial charge in [-0.2, -0.15) is 0 Å². The third-order valence-corrected chi connectivity index (χ3v) is 21.9. The van der Waals surface area contributed by atoms with Crippen LogP contribution in [0.2, 0.25) is 0 Å². The van der Waals surface area contributed by atoms with Crippen LogP contribution in [0, 0.1) is 5.21 Å². The molecule has 0 aliphatic heterocycles. The van der Waals surface area contributed by atoms with Crippen LogP contribution in [0.15, 0.2) is 121 Å². The summed E-state index contributed by atoms with van der Waals surface area (Å²) >= 11 is 0. The molecule has 1 aliphatic carbocycles. The van der Waals surface area contributed by atoms with E-state index in [4.69, 9.17) is 5.11 Å². The number of benzene rings is 9. The van der Waals surface area contributed by atoms with Crippen LogP contribution in [-0.2, 0) is 100 Å². The summed E-state index contributed by atoms with van der Waals surface area (Å²) in [5, 5.41) is 121. The van der Waals surface area contributed by atoms with Gasteiger partial charge in [0.15, 0.2) is 0 Å². The summed E-state index contributed by atoms with van der Waals surface area (Å²) in [6.45, 7) is 57.9. The van der Waals surface area contributed by atoms with Gasteiger partial charge in [0.1, 0.15) is 51.7 Å². The highest BCUT2D eigenvalue weighted by Gasteiger charge is 2.32. The Hall–Kier alpha value is -8.90. The lowest BCUT2D eigenvalue weighted by Crippen LogP contribution is -2.25. The van der Waals surface area contributed by atoms with Gasteiger partial charge in [-0.05, 0) is 200 Å². The number of fused-ring (bicyclic) bond motifs is 16. The Kier molecular flexibility index (Phi) is 25.2. The molecule has 9 aromatic carbocycles. The van der Waals surface area contributed by atoms with Gasteiger partial charge in [0.25, 0.3) is 0 Å². The normalized spacial score (nSPS) is 13.9. The summed E-state index contributed by atoms with van der Waals surface area (Å²) in [7, 11) is 4.71. The van der Waals surface area contributed by atoms with E-state index in [0.717, 1.165) is 44.5 Å². The lowest BCUT2D eigenvalue weighted by atomic mass is 9.79. The Labute approximate surface area is 672 Å². The predicted molar refractivity (Wildman–Crippen MR) is 465 cm³/mol. The molecule has 1 aliphatic rings. The molecule has 0 amide bonds. The van der Waals surface area contributed by atoms with Gasteiger partial charge in [0.05, 0.1) is 21.1 Å². The van der Waals surface area contributed by atoms with E-state index < -0.39 is 0 Å². The van der Waals surface area contributed by atoms with Gasteiger partial charge in [-0.3, -0.25) is 0 Å². The average molecular weight is 1520 g/mol. The highest BCUT2D eigenvalue weighted by atomic mass is 16.5. The molecule has 0 fully saturated rings. The van der Waals surface area contributed by atoms with E-state index in [1.54, 1.807) is 33.3 Å². The molecule has 604 valence electrons. The highest BCUT2D eigenvalue weighted by Crippen LogP contribution is 2.47. The van der Waals surface area contributed by atoms with Crippen molar-refractivity contribution in [2.24, 2.45) is 0 Å². The Morgan fingerprint density at radius 2 is 0.277 bits per heavy atom. The second-order valence-electron chi connectivity index (χ2n) is 42.2. The molecule has 0 spiro atoms. The zero-order valence-electron chi connectivity index (χ0n) is 73.6. The predicted octanol–water partition coefficient (Wildman–Crippen LogP) is 23.6. The number of hydrogen-bond donors (Lipinski definition) is 9. The molecule has 112 heavy (non-hydrogen) atoms. The van der Waals surface area contributed by atoms with Gasteiger partial charge >= 0.3 is 0 Å². The first-order valence-corrected chi connectivity index (χ1v) is 40.0. The van der Waals surface area contributed by atoms with Gasteiger partial charge in [0, 0.05) is 51.4 Å². The van der Waals surface area contributed by atoms with Crippen molar-refractivity contribution in [3.63, 3.8) is 0 Å². The maximum atomic E-state index is 12.8. The molecule has 0 saturated carbocycles. The number of nitrogens with zero attached hydrogens (tertiary/aromatic N) is 1. The topological polar surface area (TPSA) is 205 Å². The largest absolute Gasteiger partial charge is 0.633 e. The number of hydroxylamine groups is 3. The van der Waals surface area contributed by atoms with E-state index in [-0.39, 0.29) is 151 Å². The van der Waals surface area contributed by atoms with E-state index in [1.165, 1.54) is 5.56 Å². The summed E-state index contributed by atoms with van der Waals surface area (Å²) in [5.74, 6) is 0.902. The fourth-order valence-electron chi connectivity index (χ4n) is 14.3. The third kappa shape index (κ3) is 21.9. The molecule has 0 unspecified atom stereocenters. The molecule has 11 nitrogen and oxygen atoms in total. The molecule has 10 rings (SSSR count). The van der Waals surface area contributed by atoms with Crippen LogP contribution in [0.3, 0.4) is 0 Å². The number of phenols is 9. The van der Waals surface area contributed by atoms with Crippen molar-refractivity contribution in [1.29, 1.82) is 0 Å². The SMILES string of the molecule is CC(C)(C)c1cc2c(O)c(c1)Cc1cc(C(C)(C)C)cc(c1O)Cc1cc(C(C)(C)C)cc(c1O)Cc1cc(C(C)(C)C)cc(c1O)Cc1cc(C(C)(C)C)cc(c1O)Cc1cc(C(C)(C)C)cc(c1O)Cc1cc(C(C)(C)C)cc(c1O)Cc1cc(C(C)(C)C)cc(c1O)C2.CC(C)(C)c1ccc(O)cc1.C[N+](C)(C)[O-]. The standard InChI is InChI=1S/C88H112O8.C10H14O.C3H9NO/c1-81(2,3)65-33-49-25-51-35-66(82(4,5)6)37-53(74(51)90)27-55-39-68(84(10,11)12)41-57(76(55)92)29-59-43-70(86(16,17)18)45-61(78(59)94)31-63-47-72(88(22,23)24)48-64(80(63)96)32-62-46-71(87(19,20)21)44-60(79(62)95)30-58-42-69(85(13,14)15)40-56(77(58)93)28-54-38-67(83(7,8)9)36-52(75(54)91)26-50(34-65)73(49)89;1-10(2,3)8-4-6-9(11)7-5-8;1-4(2,3)5/h33-48,89-96H,25-32H2,1-24H3;4-7,11H,1-3H3;1-3H3. The Balaban J connectivity index is 0.000000879. The van der Waals surface area contributed by atoms with Crippen LogP contribution in [0.4, 0.5) is 0 Å². The Morgan fingerprint density at radius 1 is 0.188 bits per heavy atom. The summed E-state index contributed by atoms with van der Waals surface area (Å²) < 4.78 is -0.250. The fraction of sp³-hybridized carbons (Fsp3) is 0.465. The minimum atomic E-state index is -0.363. The first kappa shape index (κ1) is 88.7. The van der Waals surface area contributed by atoms with Gasteiger partial charge in [-0.1, -0.05) is 296 Å². The van der Waals surface area contributed by atoms with Crippen molar-refractivity contribution >= 4 is 0 Å². The maximum absolute atomic E-state index is 12.8. The fourth-order valence-corrected chi connectivity index (χ4v) is 14.3. The quantitative estimate of drug-likeness (QED) is 0.0519. The summed E-state index contributed by atoms with van der Waals surface area (Å²) in [5.41, 5.74) is 16.3. The second kappa shape index (κ2) is 31.8. The van der Waals surface area contributed by atoms with Crippen LogP contribution in [-0.4, -0.2) is 71.7 Å². The van der Waals surface area contributed by atoms with Crippen LogP contribution in [0.25, 0.3) is 0 Å². The minimum Gasteiger partial charge on any atom is -0.633 e. The number of rotatable bonds is 0. The zero-order chi connectivity index (χ0) is 84.4. The monoisotopic (exact) mass is 1520 g/mol. The second-order valence-corrected chi connectivity index (χ2v) is 42.2. The molecule has 0 atom stereocenters. The van der Waals surface area contributed by atoms with Gasteiger partial charge in [-0.25, -0.2) is 0 Å². The van der Waals surface area contributed by atoms with Gasteiger partial charge in [0.2, 0.25) is 0 Å². The average Bonchev–Trinajstić information content (AvgIpc) is 0.774. The van der Waals surface area contributed by atoms with Crippen LogP contribution in [0.1, 0.15) is 326 Å².